The molecule has 2 N–H and O–H groups in total. The molecular formula is C18H21N3O4. The van der Waals surface area contributed by atoms with Gasteiger partial charge in [0.25, 0.3) is 5.56 Å². The molecule has 25 heavy (non-hydrogen) atoms. The molecule has 3 rings (SSSR count). The molecular weight excluding hydrogens is 322 g/mol. The van der Waals surface area contributed by atoms with Gasteiger partial charge in [0.05, 0.1) is 6.33 Å². The van der Waals surface area contributed by atoms with Crippen molar-refractivity contribution in [1.82, 2.24) is 14.9 Å². The number of carbonyl (C=O) groups is 1. The Hall–Kier alpha value is -2.67. The van der Waals surface area contributed by atoms with E-state index in [-0.39, 0.29) is 24.6 Å². The van der Waals surface area contributed by atoms with Gasteiger partial charge in [0.15, 0.2) is 0 Å². The first-order chi connectivity index (χ1) is 12.0. The molecule has 1 unspecified atom stereocenters. The average Bonchev–Trinajstić information content (AvgIpc) is 2.97. The van der Waals surface area contributed by atoms with Crippen LogP contribution in [0.3, 0.4) is 0 Å². The van der Waals surface area contributed by atoms with Crippen molar-refractivity contribution >= 4 is 28.0 Å². The lowest BCUT2D eigenvalue weighted by molar-refractivity contribution is -0.123. The first-order valence-corrected chi connectivity index (χ1v) is 8.26. The first kappa shape index (κ1) is 17.2. The Kier molecular flexibility index (Phi) is 4.59. The zero-order valence-corrected chi connectivity index (χ0v) is 14.3. The van der Waals surface area contributed by atoms with Crippen molar-refractivity contribution in [2.24, 2.45) is 0 Å². The van der Waals surface area contributed by atoms with Crippen molar-refractivity contribution in [1.29, 1.82) is 0 Å². The summed E-state index contributed by atoms with van der Waals surface area (Å²) >= 11 is 0. The summed E-state index contributed by atoms with van der Waals surface area (Å²) < 4.78 is 6.84. The van der Waals surface area contributed by atoms with Gasteiger partial charge >= 0.3 is 0 Å². The fourth-order valence-corrected chi connectivity index (χ4v) is 2.83. The van der Waals surface area contributed by atoms with Crippen LogP contribution in [0.5, 0.6) is 0 Å². The molecule has 0 aliphatic rings. The minimum Gasteiger partial charge on any atom is -0.448 e. The molecule has 0 aliphatic carbocycles. The summed E-state index contributed by atoms with van der Waals surface area (Å²) in [6.07, 6.45) is 2.49. The molecule has 0 bridgehead atoms. The number of hydrogen-bond donors (Lipinski definition) is 2. The summed E-state index contributed by atoms with van der Waals surface area (Å²) in [5.74, 6) is -0.308. The third-order valence-corrected chi connectivity index (χ3v) is 4.55. The number of aromatic nitrogens is 2. The van der Waals surface area contributed by atoms with Crippen LogP contribution in [-0.2, 0) is 11.3 Å². The lowest BCUT2D eigenvalue weighted by Crippen LogP contribution is -2.48. The van der Waals surface area contributed by atoms with Crippen molar-refractivity contribution < 1.29 is 14.3 Å². The molecule has 7 nitrogen and oxygen atoms in total. The fourth-order valence-electron chi connectivity index (χ4n) is 2.83. The molecule has 2 heterocycles. The number of benzene rings is 1. The number of carbonyl (C=O) groups excluding carboxylic acids is 1. The highest BCUT2D eigenvalue weighted by Gasteiger charge is 2.24. The van der Waals surface area contributed by atoms with Gasteiger partial charge in [-0.3, -0.25) is 14.2 Å². The van der Waals surface area contributed by atoms with Crippen molar-refractivity contribution in [2.75, 3.05) is 6.61 Å². The summed E-state index contributed by atoms with van der Waals surface area (Å²) in [6, 6.07) is 7.29. The maximum atomic E-state index is 12.6. The lowest BCUT2D eigenvalue weighted by atomic mass is 9.95. The SMILES string of the molecule is CCC(C)(CCO)NC(=O)Cn1cnc2c(oc3ccccc32)c1=O. The highest BCUT2D eigenvalue weighted by molar-refractivity contribution is 6.01. The van der Waals surface area contributed by atoms with Crippen LogP contribution >= 0.6 is 0 Å². The lowest BCUT2D eigenvalue weighted by Gasteiger charge is -2.29. The van der Waals surface area contributed by atoms with Crippen LogP contribution in [0, 0.1) is 0 Å². The zero-order chi connectivity index (χ0) is 18.0. The fraction of sp³-hybridized carbons (Fsp3) is 0.389. The number of nitrogens with zero attached hydrogens (tertiary/aromatic N) is 2. The second-order valence-corrected chi connectivity index (χ2v) is 6.39. The number of furan rings is 1. The molecule has 3 aromatic rings. The van der Waals surface area contributed by atoms with E-state index in [9.17, 15) is 9.59 Å². The Balaban J connectivity index is 1.89. The number of fused-ring (bicyclic) bond motifs is 3. The van der Waals surface area contributed by atoms with Gasteiger partial charge in [-0.05, 0) is 31.9 Å². The van der Waals surface area contributed by atoms with Crippen LogP contribution in [-0.4, -0.2) is 32.7 Å². The van der Waals surface area contributed by atoms with Crippen LogP contribution < -0.4 is 10.9 Å². The van der Waals surface area contributed by atoms with Gasteiger partial charge in [0.2, 0.25) is 11.5 Å². The van der Waals surface area contributed by atoms with E-state index in [1.165, 1.54) is 10.9 Å². The smallest absolute Gasteiger partial charge is 0.297 e. The molecule has 7 heteroatoms. The number of aliphatic hydroxyl groups is 1. The number of para-hydroxylation sites is 1. The summed E-state index contributed by atoms with van der Waals surface area (Å²) in [7, 11) is 0. The molecule has 2 aromatic heterocycles. The Morgan fingerprint density at radius 3 is 2.88 bits per heavy atom. The van der Waals surface area contributed by atoms with Crippen molar-refractivity contribution in [3.63, 3.8) is 0 Å². The largest absolute Gasteiger partial charge is 0.448 e. The Bertz CT molecular complexity index is 975. The zero-order valence-electron chi connectivity index (χ0n) is 14.3. The molecule has 0 saturated carbocycles. The van der Waals surface area contributed by atoms with E-state index in [0.717, 1.165) is 5.39 Å². The number of hydrogen-bond acceptors (Lipinski definition) is 5. The Morgan fingerprint density at radius 2 is 2.16 bits per heavy atom. The minimum absolute atomic E-state index is 0.0168. The van der Waals surface area contributed by atoms with Gasteiger partial charge < -0.3 is 14.8 Å². The molecule has 0 fully saturated rings. The molecule has 0 spiro atoms. The van der Waals surface area contributed by atoms with Crippen LogP contribution in [0.2, 0.25) is 0 Å². The van der Waals surface area contributed by atoms with E-state index in [0.29, 0.717) is 23.9 Å². The normalized spacial score (nSPS) is 13.9. The molecule has 1 atom stereocenters. The van der Waals surface area contributed by atoms with Crippen LogP contribution in [0.15, 0.2) is 39.8 Å². The van der Waals surface area contributed by atoms with Crippen LogP contribution in [0.4, 0.5) is 0 Å². The number of aliphatic hydroxyl groups excluding tert-OH is 1. The quantitative estimate of drug-likeness (QED) is 0.711. The second kappa shape index (κ2) is 6.68. The minimum atomic E-state index is -0.508. The van der Waals surface area contributed by atoms with Gasteiger partial charge in [0.1, 0.15) is 17.6 Å². The van der Waals surface area contributed by atoms with E-state index in [1.54, 1.807) is 6.07 Å². The summed E-state index contributed by atoms with van der Waals surface area (Å²) in [4.78, 5) is 29.2. The molecule has 1 amide bonds. The van der Waals surface area contributed by atoms with Gasteiger partial charge in [-0.2, -0.15) is 0 Å². The van der Waals surface area contributed by atoms with Crippen LogP contribution in [0.1, 0.15) is 26.7 Å². The van der Waals surface area contributed by atoms with Gasteiger partial charge in [-0.25, -0.2) is 4.98 Å². The first-order valence-electron chi connectivity index (χ1n) is 8.26. The molecule has 0 aliphatic heterocycles. The standard InChI is InChI=1S/C18H21N3O4/c1-3-18(2,8-9-22)20-14(23)10-21-11-19-15-12-6-4-5-7-13(12)25-16(15)17(21)24/h4-7,11,22H,3,8-10H2,1-2H3,(H,20,23). The molecule has 1 aromatic carbocycles. The highest BCUT2D eigenvalue weighted by Crippen LogP contribution is 2.24. The predicted octanol–water partition coefficient (Wildman–Crippen LogP) is 1.81. The van der Waals surface area contributed by atoms with Gasteiger partial charge in [-0.1, -0.05) is 19.1 Å². The topological polar surface area (TPSA) is 97.4 Å². The summed E-state index contributed by atoms with van der Waals surface area (Å²) in [6.45, 7) is 3.63. The van der Waals surface area contributed by atoms with Crippen molar-refractivity contribution in [3.05, 3.63) is 40.9 Å². The molecule has 0 saturated heterocycles. The van der Waals surface area contributed by atoms with E-state index in [2.05, 4.69) is 10.3 Å². The Morgan fingerprint density at radius 1 is 1.40 bits per heavy atom. The van der Waals surface area contributed by atoms with Crippen molar-refractivity contribution in [3.8, 4) is 0 Å². The third-order valence-electron chi connectivity index (χ3n) is 4.55. The average molecular weight is 343 g/mol. The number of nitrogens with one attached hydrogen (secondary N) is 1. The predicted molar refractivity (Wildman–Crippen MR) is 94.3 cm³/mol. The second-order valence-electron chi connectivity index (χ2n) is 6.39. The maximum Gasteiger partial charge on any atom is 0.297 e. The third kappa shape index (κ3) is 3.28. The maximum absolute atomic E-state index is 12.6. The van der Waals surface area contributed by atoms with E-state index < -0.39 is 11.1 Å². The summed E-state index contributed by atoms with van der Waals surface area (Å²) in [5.41, 5.74) is 0.329. The van der Waals surface area contributed by atoms with Crippen LogP contribution in [0.25, 0.3) is 22.1 Å². The van der Waals surface area contributed by atoms with E-state index in [4.69, 9.17) is 9.52 Å². The molecule has 132 valence electrons. The summed E-state index contributed by atoms with van der Waals surface area (Å²) in [5, 5.41) is 12.8. The Labute approximate surface area is 144 Å². The van der Waals surface area contributed by atoms with Gasteiger partial charge in [-0.15, -0.1) is 0 Å². The van der Waals surface area contributed by atoms with E-state index >= 15 is 0 Å². The molecule has 0 radical (unpaired) electrons. The number of rotatable bonds is 6. The number of amides is 1. The van der Waals surface area contributed by atoms with Gasteiger partial charge in [0, 0.05) is 17.5 Å². The van der Waals surface area contributed by atoms with Crippen molar-refractivity contribution in [2.45, 2.75) is 38.8 Å². The monoisotopic (exact) mass is 343 g/mol. The highest BCUT2D eigenvalue weighted by atomic mass is 16.3. The van der Waals surface area contributed by atoms with E-state index in [1.807, 2.05) is 32.0 Å².